The van der Waals surface area contributed by atoms with E-state index in [1.54, 1.807) is 0 Å². The van der Waals surface area contributed by atoms with E-state index >= 15 is 0 Å². The van der Waals surface area contributed by atoms with Crippen molar-refractivity contribution in [2.45, 2.75) is 46.1 Å². The third-order valence-corrected chi connectivity index (χ3v) is 3.90. The van der Waals surface area contributed by atoms with Gasteiger partial charge in [-0.3, -0.25) is 4.57 Å². The van der Waals surface area contributed by atoms with Crippen LogP contribution in [0.25, 0.3) is 0 Å². The molecule has 1 fully saturated rings. The molecular formula is C11H18ClN3. The van der Waals surface area contributed by atoms with E-state index in [0.29, 0.717) is 23.2 Å². The van der Waals surface area contributed by atoms with Crippen LogP contribution in [0.15, 0.2) is 0 Å². The molecule has 0 N–H and O–H groups in total. The number of hydrogen-bond donors (Lipinski definition) is 0. The Balaban J connectivity index is 2.31. The lowest BCUT2D eigenvalue weighted by molar-refractivity contribution is 0.108. The summed E-state index contributed by atoms with van der Waals surface area (Å²) in [6.07, 6.45) is 1.19. The van der Waals surface area contributed by atoms with Crippen molar-refractivity contribution < 1.29 is 0 Å². The molecule has 0 amide bonds. The summed E-state index contributed by atoms with van der Waals surface area (Å²) in [6, 6.07) is 0.500. The van der Waals surface area contributed by atoms with Gasteiger partial charge >= 0.3 is 0 Å². The molecule has 0 radical (unpaired) electrons. The summed E-state index contributed by atoms with van der Waals surface area (Å²) in [5.41, 5.74) is 0. The van der Waals surface area contributed by atoms with Crippen molar-refractivity contribution in [1.29, 1.82) is 0 Å². The van der Waals surface area contributed by atoms with E-state index in [2.05, 4.69) is 42.5 Å². The molecule has 3 nitrogen and oxygen atoms in total. The normalized spacial score (nSPS) is 30.7. The molecule has 0 aliphatic heterocycles. The summed E-state index contributed by atoms with van der Waals surface area (Å²) in [5.74, 6) is 2.86. The molecule has 0 bridgehead atoms. The SMILES string of the molecule is CC(C)c1nnc(Cl)n1C1CC(C)C1C. The van der Waals surface area contributed by atoms with Gasteiger partial charge in [-0.05, 0) is 29.9 Å². The van der Waals surface area contributed by atoms with Gasteiger partial charge in [0.25, 0.3) is 0 Å². The third-order valence-electron chi connectivity index (χ3n) is 3.65. The monoisotopic (exact) mass is 227 g/mol. The number of hydrogen-bond acceptors (Lipinski definition) is 2. The van der Waals surface area contributed by atoms with Crippen LogP contribution in [-0.4, -0.2) is 14.8 Å². The van der Waals surface area contributed by atoms with Gasteiger partial charge in [0.15, 0.2) is 0 Å². The summed E-state index contributed by atoms with van der Waals surface area (Å²) in [7, 11) is 0. The van der Waals surface area contributed by atoms with Crippen LogP contribution in [0.1, 0.15) is 51.9 Å². The second-order valence-electron chi connectivity index (χ2n) is 4.99. The molecule has 0 saturated heterocycles. The smallest absolute Gasteiger partial charge is 0.225 e. The first-order chi connectivity index (χ1) is 7.02. The average Bonchev–Trinajstić information content (AvgIpc) is 2.56. The first-order valence-electron chi connectivity index (χ1n) is 5.62. The van der Waals surface area contributed by atoms with Gasteiger partial charge in [-0.1, -0.05) is 27.7 Å². The molecule has 1 aliphatic rings. The molecule has 3 atom stereocenters. The van der Waals surface area contributed by atoms with Gasteiger partial charge in [0.1, 0.15) is 5.82 Å². The Kier molecular flexibility index (Phi) is 2.75. The zero-order valence-electron chi connectivity index (χ0n) is 9.74. The molecule has 15 heavy (non-hydrogen) atoms. The first kappa shape index (κ1) is 10.9. The van der Waals surface area contributed by atoms with Gasteiger partial charge in [0.2, 0.25) is 5.28 Å². The lowest BCUT2D eigenvalue weighted by Gasteiger charge is -2.42. The van der Waals surface area contributed by atoms with Gasteiger partial charge in [-0.2, -0.15) is 0 Å². The lowest BCUT2D eigenvalue weighted by atomic mass is 9.71. The number of halogens is 1. The largest absolute Gasteiger partial charge is 0.298 e. The van der Waals surface area contributed by atoms with Gasteiger partial charge in [0.05, 0.1) is 0 Å². The van der Waals surface area contributed by atoms with Crippen molar-refractivity contribution in [2.24, 2.45) is 11.8 Å². The van der Waals surface area contributed by atoms with E-state index in [0.717, 1.165) is 11.7 Å². The standard InChI is InChI=1S/C11H18ClN3/c1-6(2)10-13-14-11(12)15(10)9-5-7(3)8(9)4/h6-9H,5H2,1-4H3. The molecular weight excluding hydrogens is 210 g/mol. The highest BCUT2D eigenvalue weighted by Gasteiger charge is 2.38. The summed E-state index contributed by atoms with van der Waals surface area (Å²) in [5, 5.41) is 8.68. The maximum absolute atomic E-state index is 6.10. The van der Waals surface area contributed by atoms with Crippen molar-refractivity contribution >= 4 is 11.6 Å². The minimum atomic E-state index is 0.383. The van der Waals surface area contributed by atoms with Crippen molar-refractivity contribution in [3.63, 3.8) is 0 Å². The van der Waals surface area contributed by atoms with E-state index in [9.17, 15) is 0 Å². The van der Waals surface area contributed by atoms with Crippen LogP contribution >= 0.6 is 11.6 Å². The fourth-order valence-corrected chi connectivity index (χ4v) is 2.57. The van der Waals surface area contributed by atoms with Crippen molar-refractivity contribution in [1.82, 2.24) is 14.8 Å². The molecule has 1 aromatic heterocycles. The van der Waals surface area contributed by atoms with Crippen molar-refractivity contribution in [3.05, 3.63) is 11.1 Å². The minimum Gasteiger partial charge on any atom is -0.298 e. The molecule has 0 aromatic carbocycles. The maximum Gasteiger partial charge on any atom is 0.225 e. The Hall–Kier alpha value is -0.570. The van der Waals surface area contributed by atoms with Crippen LogP contribution < -0.4 is 0 Å². The van der Waals surface area contributed by atoms with E-state index in [1.165, 1.54) is 6.42 Å². The van der Waals surface area contributed by atoms with E-state index in [4.69, 9.17) is 11.6 Å². The Morgan fingerprint density at radius 1 is 1.33 bits per heavy atom. The summed E-state index contributed by atoms with van der Waals surface area (Å²) in [4.78, 5) is 0. The molecule has 4 heteroatoms. The van der Waals surface area contributed by atoms with Crippen LogP contribution in [0, 0.1) is 11.8 Å². The Labute approximate surface area is 95.8 Å². The maximum atomic E-state index is 6.10. The van der Waals surface area contributed by atoms with Crippen LogP contribution in [0.5, 0.6) is 0 Å². The number of nitrogens with zero attached hydrogens (tertiary/aromatic N) is 3. The summed E-state index contributed by atoms with van der Waals surface area (Å²) >= 11 is 6.10. The van der Waals surface area contributed by atoms with Gasteiger partial charge in [0, 0.05) is 12.0 Å². The fourth-order valence-electron chi connectivity index (χ4n) is 2.32. The van der Waals surface area contributed by atoms with Gasteiger partial charge < -0.3 is 0 Å². The average molecular weight is 228 g/mol. The van der Waals surface area contributed by atoms with Crippen molar-refractivity contribution in [2.75, 3.05) is 0 Å². The van der Waals surface area contributed by atoms with Gasteiger partial charge in [-0.15, -0.1) is 10.2 Å². The highest BCUT2D eigenvalue weighted by atomic mass is 35.5. The molecule has 0 spiro atoms. The van der Waals surface area contributed by atoms with Crippen molar-refractivity contribution in [3.8, 4) is 0 Å². The van der Waals surface area contributed by atoms with E-state index in [1.807, 2.05) is 0 Å². The van der Waals surface area contributed by atoms with Crippen LogP contribution in [0.2, 0.25) is 5.28 Å². The molecule has 1 aromatic rings. The molecule has 1 heterocycles. The second-order valence-corrected chi connectivity index (χ2v) is 5.33. The Morgan fingerprint density at radius 2 is 2.00 bits per heavy atom. The molecule has 84 valence electrons. The molecule has 2 rings (SSSR count). The topological polar surface area (TPSA) is 30.7 Å². The summed E-state index contributed by atoms with van der Waals surface area (Å²) < 4.78 is 2.12. The minimum absolute atomic E-state index is 0.383. The number of rotatable bonds is 2. The summed E-state index contributed by atoms with van der Waals surface area (Å²) in [6.45, 7) is 8.82. The highest BCUT2D eigenvalue weighted by Crippen LogP contribution is 2.45. The van der Waals surface area contributed by atoms with Gasteiger partial charge in [-0.25, -0.2) is 0 Å². The highest BCUT2D eigenvalue weighted by molar-refractivity contribution is 6.28. The van der Waals surface area contributed by atoms with E-state index in [-0.39, 0.29) is 0 Å². The first-order valence-corrected chi connectivity index (χ1v) is 6.00. The van der Waals surface area contributed by atoms with E-state index < -0.39 is 0 Å². The zero-order chi connectivity index (χ0) is 11.2. The Morgan fingerprint density at radius 3 is 2.47 bits per heavy atom. The predicted octanol–water partition coefficient (Wildman–Crippen LogP) is 3.27. The Bertz CT molecular complexity index is 359. The zero-order valence-corrected chi connectivity index (χ0v) is 10.5. The van der Waals surface area contributed by atoms with Crippen LogP contribution in [-0.2, 0) is 0 Å². The second kappa shape index (κ2) is 3.78. The molecule has 1 aliphatic carbocycles. The molecule has 3 unspecified atom stereocenters. The predicted molar refractivity (Wildman–Crippen MR) is 61.1 cm³/mol. The van der Waals surface area contributed by atoms with Crippen LogP contribution in [0.4, 0.5) is 0 Å². The lowest BCUT2D eigenvalue weighted by Crippen LogP contribution is -2.35. The van der Waals surface area contributed by atoms with Crippen LogP contribution in [0.3, 0.4) is 0 Å². The number of aromatic nitrogens is 3. The fraction of sp³-hybridized carbons (Fsp3) is 0.818. The quantitative estimate of drug-likeness (QED) is 0.777. The third kappa shape index (κ3) is 1.67. The molecule has 1 saturated carbocycles.